The first-order chi connectivity index (χ1) is 9.88. The Labute approximate surface area is 126 Å². The Morgan fingerprint density at radius 1 is 1.57 bits per heavy atom. The maximum absolute atomic E-state index is 11.0. The minimum atomic E-state index is -1.15. The molecule has 10 heteroatoms. The molecule has 1 atom stereocenters. The standard InChI is InChI=1S/C11H10BrN5O4/c12-6-1-2-9(10(3-6)17(20)21)16-5-7(14-15-16)4-8(13)11(18)19/h1-3,5,8H,4,13H2,(H,18,19). The smallest absolute Gasteiger partial charge is 0.320 e. The molecule has 2 rings (SSSR count). The maximum Gasteiger partial charge on any atom is 0.320 e. The van der Waals surface area contributed by atoms with E-state index >= 15 is 0 Å². The summed E-state index contributed by atoms with van der Waals surface area (Å²) in [4.78, 5) is 21.2. The first kappa shape index (κ1) is 15.1. The quantitative estimate of drug-likeness (QED) is 0.599. The summed E-state index contributed by atoms with van der Waals surface area (Å²) in [7, 11) is 0. The van der Waals surface area contributed by atoms with E-state index in [1.807, 2.05) is 0 Å². The van der Waals surface area contributed by atoms with Crippen molar-refractivity contribution >= 4 is 27.6 Å². The van der Waals surface area contributed by atoms with Crippen LogP contribution in [-0.2, 0) is 11.2 Å². The summed E-state index contributed by atoms with van der Waals surface area (Å²) in [5.41, 5.74) is 5.82. The molecule has 0 spiro atoms. The molecule has 0 saturated carbocycles. The van der Waals surface area contributed by atoms with Crippen LogP contribution in [0.25, 0.3) is 5.69 Å². The Kier molecular flexibility index (Phi) is 4.29. The molecule has 9 nitrogen and oxygen atoms in total. The number of halogens is 1. The van der Waals surface area contributed by atoms with E-state index in [0.717, 1.165) is 0 Å². The van der Waals surface area contributed by atoms with Gasteiger partial charge < -0.3 is 10.8 Å². The fourth-order valence-electron chi connectivity index (χ4n) is 1.66. The summed E-state index contributed by atoms with van der Waals surface area (Å²) >= 11 is 3.16. The van der Waals surface area contributed by atoms with Gasteiger partial charge >= 0.3 is 5.97 Å². The number of hydrogen-bond acceptors (Lipinski definition) is 6. The SMILES string of the molecule is NC(Cc1cn(-c2ccc(Br)cc2[N+](=O)[O-])nn1)C(=O)O. The van der Waals surface area contributed by atoms with Crippen molar-refractivity contribution in [3.63, 3.8) is 0 Å². The minimum Gasteiger partial charge on any atom is -0.480 e. The van der Waals surface area contributed by atoms with Crippen LogP contribution in [-0.4, -0.2) is 37.0 Å². The molecule has 1 aromatic carbocycles. The van der Waals surface area contributed by atoms with Crippen LogP contribution in [0, 0.1) is 10.1 Å². The fourth-order valence-corrected chi connectivity index (χ4v) is 2.01. The molecule has 1 heterocycles. The average molecular weight is 356 g/mol. The van der Waals surface area contributed by atoms with E-state index in [-0.39, 0.29) is 17.8 Å². The number of nitrogens with zero attached hydrogens (tertiary/aromatic N) is 4. The van der Waals surface area contributed by atoms with E-state index in [2.05, 4.69) is 26.2 Å². The van der Waals surface area contributed by atoms with Crippen LogP contribution in [0.2, 0.25) is 0 Å². The van der Waals surface area contributed by atoms with Gasteiger partial charge in [0.05, 0.1) is 16.8 Å². The van der Waals surface area contributed by atoms with Crippen molar-refractivity contribution < 1.29 is 14.8 Å². The molecule has 0 aliphatic heterocycles. The molecule has 3 N–H and O–H groups in total. The Morgan fingerprint density at radius 2 is 2.29 bits per heavy atom. The molecule has 0 saturated heterocycles. The highest BCUT2D eigenvalue weighted by Gasteiger charge is 2.19. The summed E-state index contributed by atoms with van der Waals surface area (Å²) in [6.07, 6.45) is 1.40. The Balaban J connectivity index is 2.34. The number of rotatable bonds is 5. The van der Waals surface area contributed by atoms with Gasteiger partial charge in [-0.2, -0.15) is 0 Å². The highest BCUT2D eigenvalue weighted by molar-refractivity contribution is 9.10. The monoisotopic (exact) mass is 355 g/mol. The van der Waals surface area contributed by atoms with E-state index in [4.69, 9.17) is 10.8 Å². The zero-order chi connectivity index (χ0) is 15.6. The second-order valence-electron chi connectivity index (χ2n) is 4.19. The molecule has 0 aliphatic rings. The van der Waals surface area contributed by atoms with Crippen LogP contribution in [0.3, 0.4) is 0 Å². The molecule has 0 bridgehead atoms. The number of carboxylic acid groups (broad SMARTS) is 1. The maximum atomic E-state index is 11.0. The van der Waals surface area contributed by atoms with Gasteiger partial charge in [-0.25, -0.2) is 4.68 Å². The molecule has 0 aliphatic carbocycles. The predicted octanol–water partition coefficient (Wildman–Crippen LogP) is 0.892. The Morgan fingerprint density at radius 3 is 2.90 bits per heavy atom. The lowest BCUT2D eigenvalue weighted by molar-refractivity contribution is -0.384. The first-order valence-electron chi connectivity index (χ1n) is 5.72. The number of hydrogen-bond donors (Lipinski definition) is 2. The zero-order valence-electron chi connectivity index (χ0n) is 10.5. The summed E-state index contributed by atoms with van der Waals surface area (Å²) < 4.78 is 1.78. The lowest BCUT2D eigenvalue weighted by Gasteiger charge is -2.03. The van der Waals surface area contributed by atoms with Gasteiger partial charge in [0.15, 0.2) is 0 Å². The van der Waals surface area contributed by atoms with Crippen LogP contribution in [0.5, 0.6) is 0 Å². The summed E-state index contributed by atoms with van der Waals surface area (Å²) in [6, 6.07) is 3.39. The second kappa shape index (κ2) is 5.97. The molecular formula is C11H10BrN5O4. The number of carboxylic acids is 1. The van der Waals surface area contributed by atoms with Gasteiger partial charge in [0.2, 0.25) is 0 Å². The third kappa shape index (κ3) is 3.41. The number of nitro groups is 1. The lowest BCUT2D eigenvalue weighted by atomic mass is 10.2. The van der Waals surface area contributed by atoms with E-state index in [1.54, 1.807) is 6.07 Å². The van der Waals surface area contributed by atoms with Crippen molar-refractivity contribution in [3.8, 4) is 5.69 Å². The van der Waals surface area contributed by atoms with Crippen LogP contribution in [0.15, 0.2) is 28.9 Å². The lowest BCUT2D eigenvalue weighted by Crippen LogP contribution is -2.32. The number of nitro benzene ring substituents is 1. The Hall–Kier alpha value is -2.33. The van der Waals surface area contributed by atoms with Crippen LogP contribution in [0.4, 0.5) is 5.69 Å². The summed E-state index contributed by atoms with van der Waals surface area (Å²) in [5.74, 6) is -1.15. The molecule has 0 amide bonds. The highest BCUT2D eigenvalue weighted by Crippen LogP contribution is 2.26. The topological polar surface area (TPSA) is 137 Å². The van der Waals surface area contributed by atoms with Crippen LogP contribution in [0.1, 0.15) is 5.69 Å². The van der Waals surface area contributed by atoms with Crippen molar-refractivity contribution in [2.24, 2.45) is 5.73 Å². The van der Waals surface area contributed by atoms with Gasteiger partial charge in [0.1, 0.15) is 11.7 Å². The fraction of sp³-hybridized carbons (Fsp3) is 0.182. The normalized spacial score (nSPS) is 12.1. The van der Waals surface area contributed by atoms with Crippen LogP contribution >= 0.6 is 15.9 Å². The summed E-state index contributed by atoms with van der Waals surface area (Å²) in [6.45, 7) is 0. The third-order valence-corrected chi connectivity index (χ3v) is 3.16. The van der Waals surface area contributed by atoms with Gasteiger partial charge in [-0.15, -0.1) is 5.10 Å². The molecule has 21 heavy (non-hydrogen) atoms. The number of benzene rings is 1. The highest BCUT2D eigenvalue weighted by atomic mass is 79.9. The molecule has 110 valence electrons. The van der Waals surface area contributed by atoms with Crippen molar-refractivity contribution in [3.05, 3.63) is 44.7 Å². The van der Waals surface area contributed by atoms with Gasteiger partial charge in [-0.3, -0.25) is 14.9 Å². The molecular weight excluding hydrogens is 346 g/mol. The van der Waals surface area contributed by atoms with Crippen LogP contribution < -0.4 is 5.73 Å². The largest absolute Gasteiger partial charge is 0.480 e. The number of aromatic nitrogens is 3. The first-order valence-corrected chi connectivity index (χ1v) is 6.51. The predicted molar refractivity (Wildman–Crippen MR) is 75.0 cm³/mol. The van der Waals surface area contributed by atoms with E-state index in [1.165, 1.54) is 23.0 Å². The van der Waals surface area contributed by atoms with Gasteiger partial charge in [-0.1, -0.05) is 21.1 Å². The second-order valence-corrected chi connectivity index (χ2v) is 5.11. The van der Waals surface area contributed by atoms with E-state index in [9.17, 15) is 14.9 Å². The molecule has 1 aromatic heterocycles. The summed E-state index contributed by atoms with van der Waals surface area (Å²) in [5, 5.41) is 27.3. The molecule has 2 aromatic rings. The van der Waals surface area contributed by atoms with Crippen molar-refractivity contribution in [2.75, 3.05) is 0 Å². The molecule has 1 unspecified atom stereocenters. The third-order valence-electron chi connectivity index (χ3n) is 2.67. The number of carbonyl (C=O) groups is 1. The minimum absolute atomic E-state index is 0.0142. The van der Waals surface area contributed by atoms with Gasteiger partial charge in [-0.05, 0) is 12.1 Å². The number of aliphatic carboxylic acids is 1. The van der Waals surface area contributed by atoms with Crippen molar-refractivity contribution in [1.82, 2.24) is 15.0 Å². The molecule has 0 fully saturated rings. The molecule has 0 radical (unpaired) electrons. The average Bonchev–Trinajstić information content (AvgIpc) is 2.86. The van der Waals surface area contributed by atoms with Gasteiger partial charge in [0.25, 0.3) is 5.69 Å². The van der Waals surface area contributed by atoms with E-state index in [0.29, 0.717) is 10.2 Å². The zero-order valence-corrected chi connectivity index (χ0v) is 12.1. The van der Waals surface area contributed by atoms with Crippen molar-refractivity contribution in [1.29, 1.82) is 0 Å². The Bertz CT molecular complexity index is 702. The number of nitrogens with two attached hydrogens (primary N) is 1. The van der Waals surface area contributed by atoms with Crippen molar-refractivity contribution in [2.45, 2.75) is 12.5 Å². The van der Waals surface area contributed by atoms with Gasteiger partial charge in [0, 0.05) is 17.0 Å². The van der Waals surface area contributed by atoms with E-state index < -0.39 is 16.9 Å².